The van der Waals surface area contributed by atoms with E-state index in [1.807, 2.05) is 6.92 Å². The summed E-state index contributed by atoms with van der Waals surface area (Å²) in [5, 5.41) is 0. The minimum atomic E-state index is 1.06. The first-order valence-electron chi connectivity index (χ1n) is 6.27. The number of benzene rings is 1. The molecule has 0 spiro atoms. The summed E-state index contributed by atoms with van der Waals surface area (Å²) in [6.07, 6.45) is 2.20. The predicted molar refractivity (Wildman–Crippen MR) is 78.3 cm³/mol. The quantitative estimate of drug-likeness (QED) is 0.627. The monoisotopic (exact) mass is 229 g/mol. The Kier molecular flexibility index (Phi) is 4.68. The Balaban J connectivity index is 3.26. The molecular formula is C16H23N. The van der Waals surface area contributed by atoms with Crippen LogP contribution >= 0.6 is 0 Å². The van der Waals surface area contributed by atoms with Gasteiger partial charge in [-0.2, -0.15) is 0 Å². The maximum Gasteiger partial charge on any atom is 0.0706 e. The van der Waals surface area contributed by atoms with Crippen LogP contribution in [0.4, 0.5) is 5.69 Å². The third-order valence-corrected chi connectivity index (χ3v) is 2.99. The van der Waals surface area contributed by atoms with Crippen molar-refractivity contribution in [2.45, 2.75) is 47.5 Å². The number of hydrogen-bond acceptors (Lipinski definition) is 1. The molecule has 1 nitrogen and oxygen atoms in total. The minimum Gasteiger partial charge on any atom is -0.257 e. The third kappa shape index (κ3) is 3.55. The van der Waals surface area contributed by atoms with Crippen LogP contribution in [0, 0.1) is 13.8 Å². The van der Waals surface area contributed by atoms with Crippen LogP contribution < -0.4 is 0 Å². The highest BCUT2D eigenvalue weighted by Crippen LogP contribution is 2.29. The molecule has 0 atom stereocenters. The van der Waals surface area contributed by atoms with E-state index in [0.29, 0.717) is 0 Å². The average molecular weight is 229 g/mol. The molecule has 0 N–H and O–H groups in total. The summed E-state index contributed by atoms with van der Waals surface area (Å²) in [6, 6.07) is 4.36. The van der Waals surface area contributed by atoms with Gasteiger partial charge in [-0.05, 0) is 62.9 Å². The predicted octanol–water partition coefficient (Wildman–Crippen LogP) is 5.23. The van der Waals surface area contributed by atoms with Crippen molar-refractivity contribution < 1.29 is 0 Å². The first-order valence-corrected chi connectivity index (χ1v) is 6.27. The fraction of sp³-hybridized carbons (Fsp3) is 0.438. The molecule has 0 radical (unpaired) electrons. The first kappa shape index (κ1) is 13.7. The Bertz CT molecular complexity index is 453. The summed E-state index contributed by atoms with van der Waals surface area (Å²) in [7, 11) is 0. The standard InChI is InChI=1S/C16H23N/c1-7-8-14(6)17-16-10-13(5)12(4)9-15(16)11(2)3/h9-10H,2,7-8H2,1,3-6H3. The molecule has 0 fully saturated rings. The Hall–Kier alpha value is -1.37. The van der Waals surface area contributed by atoms with E-state index in [1.165, 1.54) is 22.4 Å². The molecule has 1 rings (SSSR count). The number of allylic oxidation sites excluding steroid dienone is 1. The van der Waals surface area contributed by atoms with Crippen LogP contribution in [0.25, 0.3) is 5.57 Å². The maximum absolute atomic E-state index is 4.73. The van der Waals surface area contributed by atoms with Gasteiger partial charge in [-0.25, -0.2) is 0 Å². The second-order valence-electron chi connectivity index (χ2n) is 4.83. The van der Waals surface area contributed by atoms with Crippen molar-refractivity contribution in [2.75, 3.05) is 0 Å². The van der Waals surface area contributed by atoms with Crippen LogP contribution in [0.15, 0.2) is 23.7 Å². The van der Waals surface area contributed by atoms with E-state index in [2.05, 4.69) is 46.4 Å². The molecule has 1 aromatic rings. The fourth-order valence-corrected chi connectivity index (χ4v) is 1.86. The summed E-state index contributed by atoms with van der Waals surface area (Å²) >= 11 is 0. The minimum absolute atomic E-state index is 1.06. The average Bonchev–Trinajstić information content (AvgIpc) is 2.23. The Morgan fingerprint density at radius 2 is 1.76 bits per heavy atom. The topological polar surface area (TPSA) is 12.4 Å². The number of nitrogens with zero attached hydrogens (tertiary/aromatic N) is 1. The zero-order valence-electron chi connectivity index (χ0n) is 11.7. The van der Waals surface area contributed by atoms with Crippen molar-refractivity contribution in [2.24, 2.45) is 4.99 Å². The van der Waals surface area contributed by atoms with Gasteiger partial charge in [0.1, 0.15) is 0 Å². The van der Waals surface area contributed by atoms with E-state index < -0.39 is 0 Å². The lowest BCUT2D eigenvalue weighted by Crippen LogP contribution is -1.92. The molecule has 0 aliphatic heterocycles. The van der Waals surface area contributed by atoms with Crippen LogP contribution in [-0.4, -0.2) is 5.71 Å². The number of aliphatic imine (C=N–C) groups is 1. The zero-order chi connectivity index (χ0) is 13.0. The highest BCUT2D eigenvalue weighted by atomic mass is 14.7. The highest BCUT2D eigenvalue weighted by molar-refractivity contribution is 5.87. The summed E-state index contributed by atoms with van der Waals surface area (Å²) in [5.74, 6) is 0. The molecule has 0 heterocycles. The van der Waals surface area contributed by atoms with Gasteiger partial charge in [-0.1, -0.05) is 19.9 Å². The molecule has 1 heteroatoms. The van der Waals surface area contributed by atoms with Gasteiger partial charge in [-0.3, -0.25) is 4.99 Å². The van der Waals surface area contributed by atoms with Gasteiger partial charge in [0.25, 0.3) is 0 Å². The molecule has 0 unspecified atom stereocenters. The van der Waals surface area contributed by atoms with Crippen LogP contribution in [-0.2, 0) is 0 Å². The molecule has 0 aliphatic rings. The second kappa shape index (κ2) is 5.81. The maximum atomic E-state index is 4.73. The van der Waals surface area contributed by atoms with E-state index in [-0.39, 0.29) is 0 Å². The fourth-order valence-electron chi connectivity index (χ4n) is 1.86. The smallest absolute Gasteiger partial charge is 0.0706 e. The normalized spacial score (nSPS) is 11.7. The van der Waals surface area contributed by atoms with Crippen molar-refractivity contribution in [3.63, 3.8) is 0 Å². The van der Waals surface area contributed by atoms with Gasteiger partial charge in [0, 0.05) is 11.3 Å². The third-order valence-electron chi connectivity index (χ3n) is 2.99. The number of hydrogen-bond donors (Lipinski definition) is 0. The summed E-state index contributed by atoms with van der Waals surface area (Å²) in [4.78, 5) is 4.73. The van der Waals surface area contributed by atoms with Crippen molar-refractivity contribution in [3.8, 4) is 0 Å². The van der Waals surface area contributed by atoms with Crippen molar-refractivity contribution in [1.29, 1.82) is 0 Å². The Morgan fingerprint density at radius 3 is 2.29 bits per heavy atom. The van der Waals surface area contributed by atoms with Gasteiger partial charge >= 0.3 is 0 Å². The van der Waals surface area contributed by atoms with E-state index in [0.717, 1.165) is 24.1 Å². The van der Waals surface area contributed by atoms with Gasteiger partial charge < -0.3 is 0 Å². The van der Waals surface area contributed by atoms with Crippen LogP contribution in [0.1, 0.15) is 50.3 Å². The lowest BCUT2D eigenvalue weighted by molar-refractivity contribution is 0.988. The number of rotatable bonds is 4. The molecule has 0 aliphatic carbocycles. The molecule has 0 saturated heterocycles. The second-order valence-corrected chi connectivity index (χ2v) is 4.83. The van der Waals surface area contributed by atoms with Gasteiger partial charge in [-0.15, -0.1) is 0 Å². The van der Waals surface area contributed by atoms with Crippen LogP contribution in [0.2, 0.25) is 0 Å². The van der Waals surface area contributed by atoms with E-state index in [9.17, 15) is 0 Å². The molecule has 0 amide bonds. The molecule has 92 valence electrons. The van der Waals surface area contributed by atoms with Crippen LogP contribution in [0.3, 0.4) is 0 Å². The molecule has 1 aromatic carbocycles. The van der Waals surface area contributed by atoms with E-state index in [4.69, 9.17) is 4.99 Å². The van der Waals surface area contributed by atoms with Crippen molar-refractivity contribution in [1.82, 2.24) is 0 Å². The van der Waals surface area contributed by atoms with Gasteiger partial charge in [0.2, 0.25) is 0 Å². The molecular weight excluding hydrogens is 206 g/mol. The summed E-state index contributed by atoms with van der Waals surface area (Å²) < 4.78 is 0. The molecule has 0 saturated carbocycles. The molecule has 0 aromatic heterocycles. The highest BCUT2D eigenvalue weighted by Gasteiger charge is 2.05. The zero-order valence-corrected chi connectivity index (χ0v) is 11.7. The van der Waals surface area contributed by atoms with Crippen molar-refractivity contribution in [3.05, 3.63) is 35.4 Å². The summed E-state index contributed by atoms with van der Waals surface area (Å²) in [6.45, 7) is 14.6. The SMILES string of the molecule is C=C(C)c1cc(C)c(C)cc1N=C(C)CCC. The Labute approximate surface area is 105 Å². The van der Waals surface area contributed by atoms with Crippen molar-refractivity contribution >= 4 is 17.0 Å². The van der Waals surface area contributed by atoms with E-state index >= 15 is 0 Å². The lowest BCUT2D eigenvalue weighted by atomic mass is 10.00. The van der Waals surface area contributed by atoms with E-state index in [1.54, 1.807) is 0 Å². The largest absolute Gasteiger partial charge is 0.257 e. The first-order chi connectivity index (χ1) is 7.95. The molecule has 17 heavy (non-hydrogen) atoms. The van der Waals surface area contributed by atoms with Crippen LogP contribution in [0.5, 0.6) is 0 Å². The lowest BCUT2D eigenvalue weighted by Gasteiger charge is -2.10. The number of aryl methyl sites for hydroxylation is 2. The Morgan fingerprint density at radius 1 is 1.18 bits per heavy atom. The van der Waals surface area contributed by atoms with Gasteiger partial charge in [0.05, 0.1) is 5.69 Å². The van der Waals surface area contributed by atoms with Gasteiger partial charge in [0.15, 0.2) is 0 Å². The summed E-state index contributed by atoms with van der Waals surface area (Å²) in [5.41, 5.74) is 7.10. The molecule has 0 bridgehead atoms.